The van der Waals surface area contributed by atoms with Crippen molar-refractivity contribution in [3.8, 4) is 0 Å². The van der Waals surface area contributed by atoms with Crippen LogP contribution >= 0.6 is 0 Å². The highest BCUT2D eigenvalue weighted by Gasteiger charge is 2.27. The maximum absolute atomic E-state index is 11.7. The third kappa shape index (κ3) is 1.43. The van der Waals surface area contributed by atoms with Crippen LogP contribution in [0.3, 0.4) is 0 Å². The molecule has 0 radical (unpaired) electrons. The summed E-state index contributed by atoms with van der Waals surface area (Å²) in [5.74, 6) is -0.0150. The highest BCUT2D eigenvalue weighted by atomic mass is 16.3. The van der Waals surface area contributed by atoms with Crippen LogP contribution in [0.1, 0.15) is 30.3 Å². The maximum atomic E-state index is 11.7. The number of nitrogens with zero attached hydrogens (tertiary/aromatic N) is 2. The quantitative estimate of drug-likeness (QED) is 0.654. The smallest absolute Gasteiger partial charge is 0.276 e. The van der Waals surface area contributed by atoms with Gasteiger partial charge in [-0.1, -0.05) is 0 Å². The number of amides is 1. The molecule has 0 bridgehead atoms. The van der Waals surface area contributed by atoms with Crippen molar-refractivity contribution in [1.29, 1.82) is 0 Å². The fraction of sp³-hybridized carbons (Fsp3) is 0.556. The molecule has 0 spiro atoms. The number of aromatic nitrogens is 1. The minimum absolute atomic E-state index is 0.0150. The molecule has 1 aliphatic rings. The second kappa shape index (κ2) is 3.20. The summed E-state index contributed by atoms with van der Waals surface area (Å²) in [6, 6.07) is 0.337. The Balaban J connectivity index is 2.13. The van der Waals surface area contributed by atoms with E-state index < -0.39 is 0 Å². The summed E-state index contributed by atoms with van der Waals surface area (Å²) in [7, 11) is 0. The van der Waals surface area contributed by atoms with Gasteiger partial charge in [-0.15, -0.1) is 0 Å². The molecule has 4 nitrogen and oxygen atoms in total. The third-order valence-corrected chi connectivity index (χ3v) is 2.47. The van der Waals surface area contributed by atoms with E-state index in [4.69, 9.17) is 4.42 Å². The van der Waals surface area contributed by atoms with Crippen LogP contribution in [0.25, 0.3) is 0 Å². The van der Waals surface area contributed by atoms with E-state index in [-0.39, 0.29) is 5.91 Å². The molecule has 1 amide bonds. The normalized spacial score (nSPS) is 22.2. The number of carbonyl (C=O) groups is 1. The SMILES string of the molecule is C[C@@H]1CCCN1C(=O)c1cocn1. The van der Waals surface area contributed by atoms with Crippen LogP contribution in [0, 0.1) is 0 Å². The molecule has 1 aromatic rings. The lowest BCUT2D eigenvalue weighted by molar-refractivity contribution is 0.0741. The first-order valence-corrected chi connectivity index (χ1v) is 4.48. The number of carbonyl (C=O) groups excluding carboxylic acids is 1. The van der Waals surface area contributed by atoms with Crippen LogP contribution in [-0.2, 0) is 0 Å². The Bertz CT molecular complexity index is 295. The highest BCUT2D eigenvalue weighted by molar-refractivity contribution is 5.92. The van der Waals surface area contributed by atoms with Crippen LogP contribution < -0.4 is 0 Å². The van der Waals surface area contributed by atoms with Crippen molar-refractivity contribution in [2.75, 3.05) is 6.54 Å². The molecule has 1 aliphatic heterocycles. The fourth-order valence-electron chi connectivity index (χ4n) is 1.70. The van der Waals surface area contributed by atoms with Gasteiger partial charge in [0.05, 0.1) is 0 Å². The van der Waals surface area contributed by atoms with Crippen LogP contribution in [0.5, 0.6) is 0 Å². The molecule has 1 atom stereocenters. The van der Waals surface area contributed by atoms with Crippen LogP contribution in [0.4, 0.5) is 0 Å². The molecular formula is C9H12N2O2. The summed E-state index contributed by atoms with van der Waals surface area (Å²) in [5.41, 5.74) is 0.411. The van der Waals surface area contributed by atoms with E-state index in [1.165, 1.54) is 12.7 Å². The van der Waals surface area contributed by atoms with Crippen molar-refractivity contribution in [2.45, 2.75) is 25.8 Å². The fourth-order valence-corrected chi connectivity index (χ4v) is 1.70. The van der Waals surface area contributed by atoms with E-state index in [1.807, 2.05) is 4.90 Å². The van der Waals surface area contributed by atoms with Gasteiger partial charge in [-0.05, 0) is 19.8 Å². The van der Waals surface area contributed by atoms with Gasteiger partial charge in [-0.25, -0.2) is 4.98 Å². The van der Waals surface area contributed by atoms with E-state index in [1.54, 1.807) is 0 Å². The molecule has 1 aromatic heterocycles. The van der Waals surface area contributed by atoms with Gasteiger partial charge >= 0.3 is 0 Å². The van der Waals surface area contributed by atoms with Crippen LogP contribution in [0.2, 0.25) is 0 Å². The van der Waals surface area contributed by atoms with Crippen molar-refractivity contribution >= 4 is 5.91 Å². The molecule has 0 N–H and O–H groups in total. The topological polar surface area (TPSA) is 46.3 Å². The first-order valence-electron chi connectivity index (χ1n) is 4.48. The summed E-state index contributed by atoms with van der Waals surface area (Å²) >= 11 is 0. The molecule has 13 heavy (non-hydrogen) atoms. The van der Waals surface area contributed by atoms with Crippen molar-refractivity contribution in [3.63, 3.8) is 0 Å². The molecule has 2 rings (SSSR count). The summed E-state index contributed by atoms with van der Waals surface area (Å²) < 4.78 is 4.77. The van der Waals surface area contributed by atoms with Crippen molar-refractivity contribution in [3.05, 3.63) is 18.4 Å². The second-order valence-corrected chi connectivity index (χ2v) is 3.36. The first-order chi connectivity index (χ1) is 6.29. The molecule has 2 heterocycles. The zero-order chi connectivity index (χ0) is 9.26. The van der Waals surface area contributed by atoms with Gasteiger partial charge in [-0.2, -0.15) is 0 Å². The standard InChI is InChI=1S/C9H12N2O2/c1-7-3-2-4-11(7)9(12)8-5-13-6-10-8/h5-7H,2-4H2,1H3/t7-/m1/s1. The lowest BCUT2D eigenvalue weighted by Crippen LogP contribution is -2.33. The van der Waals surface area contributed by atoms with Crippen molar-refractivity contribution in [1.82, 2.24) is 9.88 Å². The van der Waals surface area contributed by atoms with Gasteiger partial charge in [0.2, 0.25) is 0 Å². The second-order valence-electron chi connectivity index (χ2n) is 3.36. The summed E-state index contributed by atoms with van der Waals surface area (Å²) in [6.45, 7) is 2.90. The summed E-state index contributed by atoms with van der Waals surface area (Å²) in [6.07, 6.45) is 4.86. The van der Waals surface area contributed by atoms with Gasteiger partial charge in [0.25, 0.3) is 5.91 Å². The number of hydrogen-bond acceptors (Lipinski definition) is 3. The van der Waals surface area contributed by atoms with Gasteiger partial charge in [0.15, 0.2) is 12.1 Å². The molecule has 0 unspecified atom stereocenters. The minimum atomic E-state index is -0.0150. The van der Waals surface area contributed by atoms with Gasteiger partial charge < -0.3 is 9.32 Å². The molecule has 4 heteroatoms. The maximum Gasteiger partial charge on any atom is 0.276 e. The molecule has 1 fully saturated rings. The molecule has 0 saturated carbocycles. The predicted molar refractivity (Wildman–Crippen MR) is 46.2 cm³/mol. The Labute approximate surface area is 76.6 Å². The van der Waals surface area contributed by atoms with E-state index in [2.05, 4.69) is 11.9 Å². The monoisotopic (exact) mass is 180 g/mol. The lowest BCUT2D eigenvalue weighted by atomic mass is 10.2. The largest absolute Gasteiger partial charge is 0.451 e. The number of hydrogen-bond donors (Lipinski definition) is 0. The Morgan fingerprint density at radius 2 is 2.62 bits per heavy atom. The highest BCUT2D eigenvalue weighted by Crippen LogP contribution is 2.18. The molecule has 1 saturated heterocycles. The number of oxazole rings is 1. The third-order valence-electron chi connectivity index (χ3n) is 2.47. The number of rotatable bonds is 1. The van der Waals surface area contributed by atoms with Crippen LogP contribution in [-0.4, -0.2) is 28.4 Å². The number of likely N-dealkylation sites (tertiary alicyclic amines) is 1. The zero-order valence-corrected chi connectivity index (χ0v) is 7.56. The van der Waals surface area contributed by atoms with Gasteiger partial charge in [-0.3, -0.25) is 4.79 Å². The van der Waals surface area contributed by atoms with Crippen LogP contribution in [0.15, 0.2) is 17.1 Å². The molecule has 70 valence electrons. The van der Waals surface area contributed by atoms with Crippen molar-refractivity contribution in [2.24, 2.45) is 0 Å². The Kier molecular flexibility index (Phi) is 2.04. The molecule has 0 aromatic carbocycles. The van der Waals surface area contributed by atoms with E-state index in [0.29, 0.717) is 11.7 Å². The van der Waals surface area contributed by atoms with Gasteiger partial charge in [0, 0.05) is 12.6 Å². The summed E-state index contributed by atoms with van der Waals surface area (Å²) in [5, 5.41) is 0. The Morgan fingerprint density at radius 1 is 1.77 bits per heavy atom. The Hall–Kier alpha value is -1.32. The lowest BCUT2D eigenvalue weighted by Gasteiger charge is -2.19. The zero-order valence-electron chi connectivity index (χ0n) is 7.56. The minimum Gasteiger partial charge on any atom is -0.451 e. The van der Waals surface area contributed by atoms with E-state index >= 15 is 0 Å². The summed E-state index contributed by atoms with van der Waals surface area (Å²) in [4.78, 5) is 17.4. The Morgan fingerprint density at radius 3 is 3.15 bits per heavy atom. The van der Waals surface area contributed by atoms with Gasteiger partial charge in [0.1, 0.15) is 6.26 Å². The predicted octanol–water partition coefficient (Wildman–Crippen LogP) is 1.30. The molecular weight excluding hydrogens is 168 g/mol. The first kappa shape index (κ1) is 8.29. The average Bonchev–Trinajstić information content (AvgIpc) is 2.72. The molecule has 0 aliphatic carbocycles. The van der Waals surface area contributed by atoms with E-state index in [0.717, 1.165) is 19.4 Å². The average molecular weight is 180 g/mol. The van der Waals surface area contributed by atoms with Crippen molar-refractivity contribution < 1.29 is 9.21 Å². The van der Waals surface area contributed by atoms with E-state index in [9.17, 15) is 4.79 Å².